The van der Waals surface area contributed by atoms with E-state index in [4.69, 9.17) is 0 Å². The number of halogens is 1. The van der Waals surface area contributed by atoms with Crippen molar-refractivity contribution in [3.63, 3.8) is 0 Å². The molecule has 1 atom stereocenters. The molecule has 1 fully saturated rings. The largest absolute Gasteiger partial charge is 0.335 e. The van der Waals surface area contributed by atoms with Crippen LogP contribution in [0.25, 0.3) is 0 Å². The number of nitro groups is 1. The lowest BCUT2D eigenvalue weighted by Crippen LogP contribution is -2.43. The second-order valence-corrected chi connectivity index (χ2v) is 4.97. The summed E-state index contributed by atoms with van der Waals surface area (Å²) >= 11 is 0. The predicted octanol–water partition coefficient (Wildman–Crippen LogP) is 3.14. The van der Waals surface area contributed by atoms with Crippen LogP contribution in [0.15, 0.2) is 18.2 Å². The highest BCUT2D eigenvalue weighted by molar-refractivity contribution is 5.98. The van der Waals surface area contributed by atoms with Gasteiger partial charge in [0.25, 0.3) is 11.6 Å². The first kappa shape index (κ1) is 14.4. The molecule has 1 aliphatic heterocycles. The van der Waals surface area contributed by atoms with Gasteiger partial charge in [-0.2, -0.15) is 0 Å². The van der Waals surface area contributed by atoms with Crippen LogP contribution in [0, 0.1) is 15.9 Å². The Labute approximate surface area is 116 Å². The van der Waals surface area contributed by atoms with Crippen molar-refractivity contribution in [2.75, 3.05) is 6.54 Å². The van der Waals surface area contributed by atoms with Crippen LogP contribution in [-0.4, -0.2) is 28.3 Å². The first-order valence-corrected chi connectivity index (χ1v) is 6.79. The molecule has 1 heterocycles. The van der Waals surface area contributed by atoms with Crippen molar-refractivity contribution in [2.24, 2.45) is 0 Å². The Morgan fingerprint density at radius 1 is 1.50 bits per heavy atom. The van der Waals surface area contributed by atoms with E-state index in [9.17, 15) is 19.3 Å². The van der Waals surface area contributed by atoms with E-state index < -0.39 is 16.6 Å². The Hall–Kier alpha value is -1.98. The van der Waals surface area contributed by atoms with E-state index >= 15 is 0 Å². The number of piperidine rings is 1. The van der Waals surface area contributed by atoms with Crippen molar-refractivity contribution in [1.29, 1.82) is 0 Å². The van der Waals surface area contributed by atoms with Crippen LogP contribution in [-0.2, 0) is 0 Å². The van der Waals surface area contributed by atoms with Crippen LogP contribution < -0.4 is 0 Å². The summed E-state index contributed by atoms with van der Waals surface area (Å²) in [6.45, 7) is 2.56. The molecule has 1 aromatic rings. The van der Waals surface area contributed by atoms with Crippen LogP contribution in [0.1, 0.15) is 43.0 Å². The minimum Gasteiger partial charge on any atom is -0.335 e. The maximum Gasteiger partial charge on any atom is 0.282 e. The van der Waals surface area contributed by atoms with E-state index in [2.05, 4.69) is 0 Å². The summed E-state index contributed by atoms with van der Waals surface area (Å²) in [5, 5.41) is 11.0. The number of hydrogen-bond donors (Lipinski definition) is 0. The molecular formula is C14H17FN2O3. The minimum atomic E-state index is -0.641. The minimum absolute atomic E-state index is 0.0825. The number of hydrogen-bond acceptors (Lipinski definition) is 3. The Morgan fingerprint density at radius 3 is 2.90 bits per heavy atom. The first-order chi connectivity index (χ1) is 9.54. The zero-order chi connectivity index (χ0) is 14.7. The molecule has 5 nitrogen and oxygen atoms in total. The third-order valence-electron chi connectivity index (χ3n) is 3.74. The summed E-state index contributed by atoms with van der Waals surface area (Å²) in [6, 6.07) is 3.09. The van der Waals surface area contributed by atoms with Crippen molar-refractivity contribution in [1.82, 2.24) is 4.90 Å². The maximum atomic E-state index is 13.3. The zero-order valence-electron chi connectivity index (χ0n) is 11.3. The molecule has 1 aliphatic rings. The molecule has 6 heteroatoms. The smallest absolute Gasteiger partial charge is 0.282 e. The predicted molar refractivity (Wildman–Crippen MR) is 72.0 cm³/mol. The van der Waals surface area contributed by atoms with Gasteiger partial charge in [0.15, 0.2) is 0 Å². The number of carbonyl (C=O) groups is 1. The summed E-state index contributed by atoms with van der Waals surface area (Å²) in [7, 11) is 0. The number of nitrogens with zero attached hydrogens (tertiary/aromatic N) is 2. The van der Waals surface area contributed by atoms with Crippen molar-refractivity contribution in [3.8, 4) is 0 Å². The topological polar surface area (TPSA) is 63.5 Å². The molecule has 20 heavy (non-hydrogen) atoms. The molecule has 2 rings (SSSR count). The molecule has 1 aromatic carbocycles. The van der Waals surface area contributed by atoms with E-state index in [0.717, 1.165) is 43.9 Å². The van der Waals surface area contributed by atoms with Gasteiger partial charge in [0, 0.05) is 18.7 Å². The summed E-state index contributed by atoms with van der Waals surface area (Å²) in [5.74, 6) is -1.08. The van der Waals surface area contributed by atoms with E-state index in [1.165, 1.54) is 0 Å². The normalized spacial score (nSPS) is 18.9. The molecule has 1 amide bonds. The quantitative estimate of drug-likeness (QED) is 0.631. The van der Waals surface area contributed by atoms with Gasteiger partial charge in [-0.15, -0.1) is 0 Å². The van der Waals surface area contributed by atoms with Gasteiger partial charge >= 0.3 is 0 Å². The second kappa shape index (κ2) is 5.98. The number of likely N-dealkylation sites (tertiary alicyclic amines) is 1. The molecule has 0 bridgehead atoms. The fraction of sp³-hybridized carbons (Fsp3) is 0.500. The van der Waals surface area contributed by atoms with E-state index in [0.29, 0.717) is 6.54 Å². The highest BCUT2D eigenvalue weighted by Gasteiger charge is 2.30. The van der Waals surface area contributed by atoms with Gasteiger partial charge in [-0.3, -0.25) is 14.9 Å². The highest BCUT2D eigenvalue weighted by atomic mass is 19.1. The van der Waals surface area contributed by atoms with E-state index in [1.807, 2.05) is 6.92 Å². The van der Waals surface area contributed by atoms with Gasteiger partial charge in [0.05, 0.1) is 4.92 Å². The first-order valence-electron chi connectivity index (χ1n) is 6.79. The van der Waals surface area contributed by atoms with Crippen molar-refractivity contribution < 1.29 is 14.1 Å². The SMILES string of the molecule is CCC1CCCCN1C(=O)c1cc(F)ccc1[N+](=O)[O-]. The van der Waals surface area contributed by atoms with Crippen LogP contribution in [0.3, 0.4) is 0 Å². The number of nitro benzene ring substituents is 1. The molecule has 108 valence electrons. The average Bonchev–Trinajstić information content (AvgIpc) is 2.46. The summed E-state index contributed by atoms with van der Waals surface area (Å²) in [5.41, 5.74) is -0.493. The van der Waals surface area contributed by atoms with Gasteiger partial charge in [0.1, 0.15) is 11.4 Å². The molecule has 0 N–H and O–H groups in total. The Balaban J connectivity index is 2.36. The third kappa shape index (κ3) is 2.79. The lowest BCUT2D eigenvalue weighted by Gasteiger charge is -2.35. The van der Waals surface area contributed by atoms with Gasteiger partial charge < -0.3 is 4.90 Å². The van der Waals surface area contributed by atoms with Gasteiger partial charge in [-0.25, -0.2) is 4.39 Å². The zero-order valence-corrected chi connectivity index (χ0v) is 11.3. The third-order valence-corrected chi connectivity index (χ3v) is 3.74. The van der Waals surface area contributed by atoms with Crippen LogP contribution >= 0.6 is 0 Å². The van der Waals surface area contributed by atoms with Crippen LogP contribution in [0.5, 0.6) is 0 Å². The molecular weight excluding hydrogens is 263 g/mol. The Morgan fingerprint density at radius 2 is 2.25 bits per heavy atom. The monoisotopic (exact) mass is 280 g/mol. The maximum absolute atomic E-state index is 13.3. The van der Waals surface area contributed by atoms with Crippen LogP contribution in [0.2, 0.25) is 0 Å². The summed E-state index contributed by atoms with van der Waals surface area (Å²) in [6.07, 6.45) is 3.62. The lowest BCUT2D eigenvalue weighted by molar-refractivity contribution is -0.385. The number of benzene rings is 1. The molecule has 0 saturated carbocycles. The highest BCUT2D eigenvalue weighted by Crippen LogP contribution is 2.26. The van der Waals surface area contributed by atoms with Crippen molar-refractivity contribution in [3.05, 3.63) is 39.7 Å². The van der Waals surface area contributed by atoms with Crippen molar-refractivity contribution in [2.45, 2.75) is 38.6 Å². The Kier molecular flexibility index (Phi) is 4.32. The summed E-state index contributed by atoms with van der Waals surface area (Å²) < 4.78 is 13.3. The van der Waals surface area contributed by atoms with Gasteiger partial charge in [0.2, 0.25) is 0 Å². The van der Waals surface area contributed by atoms with Crippen LogP contribution in [0.4, 0.5) is 10.1 Å². The number of rotatable bonds is 3. The van der Waals surface area contributed by atoms with Crippen molar-refractivity contribution >= 4 is 11.6 Å². The van der Waals surface area contributed by atoms with Gasteiger partial charge in [-0.05, 0) is 37.8 Å². The average molecular weight is 280 g/mol. The Bertz CT molecular complexity index is 533. The standard InChI is InChI=1S/C14H17FN2O3/c1-2-11-5-3-4-8-16(11)14(18)12-9-10(15)6-7-13(12)17(19)20/h6-7,9,11H,2-5,8H2,1H3. The molecule has 0 aliphatic carbocycles. The number of amides is 1. The lowest BCUT2D eigenvalue weighted by atomic mass is 9.98. The fourth-order valence-corrected chi connectivity index (χ4v) is 2.69. The number of carbonyl (C=O) groups excluding carboxylic acids is 1. The molecule has 1 unspecified atom stereocenters. The van der Waals surface area contributed by atoms with Gasteiger partial charge in [-0.1, -0.05) is 6.92 Å². The summed E-state index contributed by atoms with van der Waals surface area (Å²) in [4.78, 5) is 24.5. The van der Waals surface area contributed by atoms with E-state index in [-0.39, 0.29) is 17.3 Å². The molecule has 0 spiro atoms. The molecule has 0 aromatic heterocycles. The molecule has 1 saturated heterocycles. The molecule has 0 radical (unpaired) electrons. The second-order valence-electron chi connectivity index (χ2n) is 4.97. The van der Waals surface area contributed by atoms with E-state index in [1.54, 1.807) is 4.90 Å². The fourth-order valence-electron chi connectivity index (χ4n) is 2.69.